The maximum absolute atomic E-state index is 14.5. The van der Waals surface area contributed by atoms with Crippen LogP contribution in [0.5, 0.6) is 5.75 Å². The van der Waals surface area contributed by atoms with Crippen LogP contribution >= 0.6 is 15.9 Å². The maximum atomic E-state index is 14.5. The highest BCUT2D eigenvalue weighted by molar-refractivity contribution is 9.10. The Bertz CT molecular complexity index is 2170. The van der Waals surface area contributed by atoms with Gasteiger partial charge in [-0.05, 0) is 75.4 Å². The Balaban J connectivity index is 1.08. The van der Waals surface area contributed by atoms with Gasteiger partial charge in [0, 0.05) is 41.8 Å². The molecule has 0 saturated heterocycles. The highest BCUT2D eigenvalue weighted by Crippen LogP contribution is 2.44. The van der Waals surface area contributed by atoms with Crippen LogP contribution in [0.25, 0.3) is 11.1 Å². The van der Waals surface area contributed by atoms with Crippen molar-refractivity contribution in [3.63, 3.8) is 0 Å². The van der Waals surface area contributed by atoms with Crippen molar-refractivity contribution < 1.29 is 28.2 Å². The number of anilines is 1. The first kappa shape index (κ1) is 35.7. The molecule has 1 atom stereocenters. The molecule has 5 aromatic rings. The van der Waals surface area contributed by atoms with E-state index in [2.05, 4.69) is 36.6 Å². The number of benzene rings is 3. The minimum absolute atomic E-state index is 0.0410. The Morgan fingerprint density at radius 2 is 1.75 bits per heavy atom. The molecular weight excluding hydrogens is 733 g/mol. The van der Waals surface area contributed by atoms with E-state index in [0.29, 0.717) is 15.9 Å². The van der Waals surface area contributed by atoms with Gasteiger partial charge in [-0.1, -0.05) is 48.5 Å². The first-order valence-electron chi connectivity index (χ1n) is 16.2. The van der Waals surface area contributed by atoms with Crippen LogP contribution in [-0.2, 0) is 23.1 Å². The molecule has 1 aliphatic carbocycles. The molecule has 14 heteroatoms. The third kappa shape index (κ3) is 7.79. The first-order chi connectivity index (χ1) is 25.0. The number of carbonyl (C=O) groups is 3. The molecule has 1 aliphatic rings. The van der Waals surface area contributed by atoms with Crippen molar-refractivity contribution in [2.75, 3.05) is 25.5 Å². The number of nitrogens with one attached hydrogen (secondary N) is 2. The molecule has 0 fully saturated rings. The predicted octanol–water partition coefficient (Wildman–Crippen LogP) is 6.48. The van der Waals surface area contributed by atoms with Crippen LogP contribution < -0.4 is 15.4 Å². The number of hydrogen-bond donors (Lipinski definition) is 2. The molecule has 0 saturated carbocycles. The standard InChI is InChI=1S/C38H33BrFN7O5/c1-22(32-15-24(40)12-13-31(32)37(49)46(2)20-25-16-26(17-41)47(3)45-25)52-34-14-23(39)18-42-36(34)44-35(48)19-43-38(50)51-21-33-29-10-6-4-8-27(29)28-9-5-7-11-30(28)33/h4-16,18,22,33H,19-21H2,1-3H3,(H,43,50)(H,42,44,48)/t22-/m1/s1. The summed E-state index contributed by atoms with van der Waals surface area (Å²) in [6.07, 6.45) is -0.186. The van der Waals surface area contributed by atoms with E-state index >= 15 is 0 Å². The molecular formula is C38H33BrFN7O5. The number of halogens is 2. The van der Waals surface area contributed by atoms with E-state index in [0.717, 1.165) is 22.3 Å². The summed E-state index contributed by atoms with van der Waals surface area (Å²) < 4.78 is 28.2. The van der Waals surface area contributed by atoms with Crippen LogP contribution in [0, 0.1) is 17.1 Å². The summed E-state index contributed by atoms with van der Waals surface area (Å²) in [6, 6.07) is 24.9. The molecule has 2 heterocycles. The molecule has 52 heavy (non-hydrogen) atoms. The summed E-state index contributed by atoms with van der Waals surface area (Å²) in [4.78, 5) is 44.8. The molecule has 2 aromatic heterocycles. The van der Waals surface area contributed by atoms with Gasteiger partial charge in [-0.15, -0.1) is 0 Å². The number of alkyl carbamates (subject to hydrolysis) is 1. The van der Waals surface area contributed by atoms with Gasteiger partial charge in [0.2, 0.25) is 5.91 Å². The Morgan fingerprint density at radius 3 is 2.42 bits per heavy atom. The molecule has 0 radical (unpaired) electrons. The van der Waals surface area contributed by atoms with E-state index < -0.39 is 36.4 Å². The minimum Gasteiger partial charge on any atom is -0.482 e. The van der Waals surface area contributed by atoms with Crippen molar-refractivity contribution in [1.29, 1.82) is 5.26 Å². The van der Waals surface area contributed by atoms with Crippen molar-refractivity contribution in [1.82, 2.24) is 25.0 Å². The van der Waals surface area contributed by atoms with Gasteiger partial charge in [0.15, 0.2) is 11.6 Å². The van der Waals surface area contributed by atoms with Gasteiger partial charge in [-0.25, -0.2) is 14.2 Å². The van der Waals surface area contributed by atoms with E-state index in [9.17, 15) is 24.0 Å². The third-order valence-corrected chi connectivity index (χ3v) is 9.02. The maximum Gasteiger partial charge on any atom is 0.407 e. The number of nitriles is 1. The average molecular weight is 767 g/mol. The quantitative estimate of drug-likeness (QED) is 0.155. The molecule has 3 aromatic carbocycles. The van der Waals surface area contributed by atoms with Gasteiger partial charge in [0.25, 0.3) is 5.91 Å². The summed E-state index contributed by atoms with van der Waals surface area (Å²) in [6.45, 7) is 1.42. The van der Waals surface area contributed by atoms with E-state index in [1.807, 2.05) is 54.6 Å². The fourth-order valence-corrected chi connectivity index (χ4v) is 6.44. The lowest BCUT2D eigenvalue weighted by molar-refractivity contribution is -0.115. The van der Waals surface area contributed by atoms with Crippen LogP contribution in [0.4, 0.5) is 15.0 Å². The highest BCUT2D eigenvalue weighted by atomic mass is 79.9. The second-order valence-electron chi connectivity index (χ2n) is 12.1. The Hall–Kier alpha value is -6.07. The van der Waals surface area contributed by atoms with Gasteiger partial charge in [-0.3, -0.25) is 14.3 Å². The number of amides is 3. The number of aromatic nitrogens is 3. The lowest BCUT2D eigenvalue weighted by Crippen LogP contribution is -2.34. The van der Waals surface area contributed by atoms with Crippen LogP contribution in [0.1, 0.15) is 57.4 Å². The Labute approximate surface area is 307 Å². The van der Waals surface area contributed by atoms with Crippen molar-refractivity contribution >= 4 is 39.7 Å². The highest BCUT2D eigenvalue weighted by Gasteiger charge is 2.29. The largest absolute Gasteiger partial charge is 0.482 e. The molecule has 6 rings (SSSR count). The fourth-order valence-electron chi connectivity index (χ4n) is 6.13. The zero-order valence-electron chi connectivity index (χ0n) is 28.4. The van der Waals surface area contributed by atoms with E-state index in [1.165, 1.54) is 34.0 Å². The molecule has 0 bridgehead atoms. The van der Waals surface area contributed by atoms with E-state index in [4.69, 9.17) is 9.47 Å². The van der Waals surface area contributed by atoms with Gasteiger partial charge in [0.1, 0.15) is 36.8 Å². The van der Waals surface area contributed by atoms with Crippen molar-refractivity contribution in [2.24, 2.45) is 7.05 Å². The zero-order chi connectivity index (χ0) is 36.9. The van der Waals surface area contributed by atoms with E-state index in [-0.39, 0.29) is 41.8 Å². The predicted molar refractivity (Wildman–Crippen MR) is 193 cm³/mol. The third-order valence-electron chi connectivity index (χ3n) is 8.59. The lowest BCUT2D eigenvalue weighted by atomic mass is 9.98. The number of hydrogen-bond acceptors (Lipinski definition) is 8. The van der Waals surface area contributed by atoms with Crippen LogP contribution in [0.2, 0.25) is 0 Å². The van der Waals surface area contributed by atoms with Gasteiger partial charge in [0.05, 0.1) is 12.2 Å². The van der Waals surface area contributed by atoms with Crippen LogP contribution in [0.3, 0.4) is 0 Å². The Morgan fingerprint density at radius 1 is 1.06 bits per heavy atom. The molecule has 0 aliphatic heterocycles. The Kier molecular flexibility index (Phi) is 10.6. The van der Waals surface area contributed by atoms with Gasteiger partial charge < -0.3 is 25.0 Å². The van der Waals surface area contributed by atoms with E-state index in [1.54, 1.807) is 33.2 Å². The van der Waals surface area contributed by atoms with Crippen molar-refractivity contribution in [2.45, 2.75) is 25.5 Å². The van der Waals surface area contributed by atoms with Gasteiger partial charge in [-0.2, -0.15) is 10.4 Å². The van der Waals surface area contributed by atoms with Crippen molar-refractivity contribution in [3.05, 3.63) is 129 Å². The van der Waals surface area contributed by atoms with Crippen LogP contribution in [-0.4, -0.2) is 57.8 Å². The number of rotatable bonds is 11. The number of carbonyl (C=O) groups excluding carboxylic acids is 3. The molecule has 2 N–H and O–H groups in total. The number of aryl methyl sites for hydroxylation is 1. The monoisotopic (exact) mass is 765 g/mol. The minimum atomic E-state index is -0.881. The number of fused-ring (bicyclic) bond motifs is 3. The average Bonchev–Trinajstić information content (AvgIpc) is 3.66. The number of pyridine rings is 1. The zero-order valence-corrected chi connectivity index (χ0v) is 30.0. The second-order valence-corrected chi connectivity index (χ2v) is 13.1. The molecule has 0 unspecified atom stereocenters. The summed E-state index contributed by atoms with van der Waals surface area (Å²) in [7, 11) is 3.21. The molecule has 12 nitrogen and oxygen atoms in total. The fraction of sp³-hybridized carbons (Fsp3) is 0.211. The molecule has 0 spiro atoms. The summed E-state index contributed by atoms with van der Waals surface area (Å²) in [5, 5.41) is 18.6. The molecule has 3 amide bonds. The number of ether oxygens (including phenoxy) is 2. The normalized spacial score (nSPS) is 12.2. The molecule has 264 valence electrons. The smallest absolute Gasteiger partial charge is 0.407 e. The summed E-state index contributed by atoms with van der Waals surface area (Å²) in [5.41, 5.74) is 5.64. The van der Waals surface area contributed by atoms with Crippen molar-refractivity contribution in [3.8, 4) is 22.9 Å². The lowest BCUT2D eigenvalue weighted by Gasteiger charge is -2.22. The summed E-state index contributed by atoms with van der Waals surface area (Å²) >= 11 is 3.36. The number of nitrogens with zero attached hydrogens (tertiary/aromatic N) is 5. The summed E-state index contributed by atoms with van der Waals surface area (Å²) in [5.74, 6) is -1.56. The van der Waals surface area contributed by atoms with Gasteiger partial charge >= 0.3 is 6.09 Å². The first-order valence-corrected chi connectivity index (χ1v) is 17.0. The van der Waals surface area contributed by atoms with Crippen LogP contribution in [0.15, 0.2) is 89.5 Å². The second kappa shape index (κ2) is 15.4. The SMILES string of the molecule is C[C@@H](Oc1cc(Br)cnc1NC(=O)CNC(=O)OCC1c2ccccc2-c2ccccc21)c1cc(F)ccc1C(=O)N(C)Cc1cc(C#N)n(C)n1. The topological polar surface area (TPSA) is 151 Å².